The van der Waals surface area contributed by atoms with Gasteiger partial charge in [-0.2, -0.15) is 0 Å². The number of imide groups is 1. The van der Waals surface area contributed by atoms with Crippen LogP contribution in [0.15, 0.2) is 48.2 Å². The Hall–Kier alpha value is -3.12. The summed E-state index contributed by atoms with van der Waals surface area (Å²) in [5.74, 6) is -0.634. The van der Waals surface area contributed by atoms with E-state index in [-0.39, 0.29) is 18.4 Å². The van der Waals surface area contributed by atoms with Gasteiger partial charge in [-0.25, -0.2) is 0 Å². The Bertz CT molecular complexity index is 962. The predicted molar refractivity (Wildman–Crippen MR) is 116 cm³/mol. The molecule has 3 rings (SSSR count). The van der Waals surface area contributed by atoms with Crippen LogP contribution in [0.2, 0.25) is 0 Å². The SMILES string of the molecule is COCCN1C(=O)C(Nc2ccc(N(C)C)cc2)=C(c2ccc(C)cc2C)C1=O. The zero-order valence-corrected chi connectivity index (χ0v) is 17.6. The molecule has 6 nitrogen and oxygen atoms in total. The molecule has 0 spiro atoms. The van der Waals surface area contributed by atoms with Crippen LogP contribution in [0.3, 0.4) is 0 Å². The van der Waals surface area contributed by atoms with Gasteiger partial charge in [0.25, 0.3) is 11.8 Å². The monoisotopic (exact) mass is 393 g/mol. The predicted octanol–water partition coefficient (Wildman–Crippen LogP) is 3.21. The minimum Gasteiger partial charge on any atom is -0.383 e. The largest absolute Gasteiger partial charge is 0.383 e. The van der Waals surface area contributed by atoms with Gasteiger partial charge in [0.2, 0.25) is 0 Å². The van der Waals surface area contributed by atoms with E-state index in [0.29, 0.717) is 17.9 Å². The molecular weight excluding hydrogens is 366 g/mol. The number of hydrogen-bond donors (Lipinski definition) is 1. The summed E-state index contributed by atoms with van der Waals surface area (Å²) >= 11 is 0. The Kier molecular flexibility index (Phi) is 6.03. The average Bonchev–Trinajstić information content (AvgIpc) is 2.91. The van der Waals surface area contributed by atoms with Crippen LogP contribution >= 0.6 is 0 Å². The molecule has 0 radical (unpaired) electrons. The number of anilines is 2. The maximum absolute atomic E-state index is 13.1. The standard InChI is InChI=1S/C23H27N3O3/c1-15-6-11-19(16(2)14-15)20-21(23(28)26(22(20)27)12-13-29-5)24-17-7-9-18(10-8-17)25(3)4/h6-11,14,24H,12-13H2,1-5H3. The highest BCUT2D eigenvalue weighted by molar-refractivity contribution is 6.36. The van der Waals surface area contributed by atoms with Crippen LogP contribution in [0.25, 0.3) is 5.57 Å². The third-order valence-corrected chi connectivity index (χ3v) is 4.99. The topological polar surface area (TPSA) is 61.9 Å². The van der Waals surface area contributed by atoms with E-state index in [0.717, 1.165) is 28.1 Å². The van der Waals surface area contributed by atoms with Crippen molar-refractivity contribution in [2.75, 3.05) is 44.6 Å². The van der Waals surface area contributed by atoms with Crippen molar-refractivity contribution in [1.29, 1.82) is 0 Å². The highest BCUT2D eigenvalue weighted by Crippen LogP contribution is 2.32. The number of nitrogens with one attached hydrogen (secondary N) is 1. The summed E-state index contributed by atoms with van der Waals surface area (Å²) in [6, 6.07) is 13.6. The molecule has 0 saturated heterocycles. The lowest BCUT2D eigenvalue weighted by Gasteiger charge is -2.15. The molecule has 0 saturated carbocycles. The molecule has 0 fully saturated rings. The minimum atomic E-state index is -0.335. The van der Waals surface area contributed by atoms with E-state index in [4.69, 9.17) is 4.74 Å². The Morgan fingerprint density at radius 1 is 1.00 bits per heavy atom. The van der Waals surface area contributed by atoms with Crippen LogP contribution in [-0.2, 0) is 14.3 Å². The summed E-state index contributed by atoms with van der Waals surface area (Å²) in [4.78, 5) is 29.5. The van der Waals surface area contributed by atoms with Gasteiger partial charge in [-0.1, -0.05) is 23.8 Å². The van der Waals surface area contributed by atoms with Crippen molar-refractivity contribution < 1.29 is 14.3 Å². The van der Waals surface area contributed by atoms with Crippen LogP contribution in [0.4, 0.5) is 11.4 Å². The highest BCUT2D eigenvalue weighted by Gasteiger charge is 2.39. The van der Waals surface area contributed by atoms with Crippen LogP contribution in [0.1, 0.15) is 16.7 Å². The molecule has 2 aromatic carbocycles. The van der Waals surface area contributed by atoms with E-state index in [1.54, 1.807) is 7.11 Å². The normalized spacial score (nSPS) is 14.0. The lowest BCUT2D eigenvalue weighted by atomic mass is 9.97. The van der Waals surface area contributed by atoms with Crippen molar-refractivity contribution in [2.24, 2.45) is 0 Å². The van der Waals surface area contributed by atoms with Gasteiger partial charge in [0.05, 0.1) is 18.7 Å². The fourth-order valence-corrected chi connectivity index (χ4v) is 3.41. The average molecular weight is 393 g/mol. The van der Waals surface area contributed by atoms with E-state index in [9.17, 15) is 9.59 Å². The van der Waals surface area contributed by atoms with E-state index in [1.165, 1.54) is 4.90 Å². The Morgan fingerprint density at radius 2 is 1.69 bits per heavy atom. The van der Waals surface area contributed by atoms with E-state index in [2.05, 4.69) is 5.32 Å². The van der Waals surface area contributed by atoms with Crippen LogP contribution < -0.4 is 10.2 Å². The van der Waals surface area contributed by atoms with Crippen molar-refractivity contribution in [3.8, 4) is 0 Å². The zero-order valence-electron chi connectivity index (χ0n) is 17.6. The van der Waals surface area contributed by atoms with Crippen molar-refractivity contribution in [2.45, 2.75) is 13.8 Å². The fourth-order valence-electron chi connectivity index (χ4n) is 3.41. The van der Waals surface area contributed by atoms with E-state index >= 15 is 0 Å². The number of amides is 2. The van der Waals surface area contributed by atoms with Gasteiger partial charge < -0.3 is 15.0 Å². The van der Waals surface area contributed by atoms with Crippen molar-refractivity contribution in [3.63, 3.8) is 0 Å². The number of nitrogens with zero attached hydrogens (tertiary/aromatic N) is 2. The summed E-state index contributed by atoms with van der Waals surface area (Å²) in [5.41, 5.74) is 5.33. The first-order valence-electron chi connectivity index (χ1n) is 9.55. The van der Waals surface area contributed by atoms with Gasteiger partial charge in [0, 0.05) is 32.6 Å². The summed E-state index contributed by atoms with van der Waals surface area (Å²) in [6.07, 6.45) is 0. The second-order valence-electron chi connectivity index (χ2n) is 7.39. The molecule has 0 unspecified atom stereocenters. The molecule has 0 aliphatic carbocycles. The van der Waals surface area contributed by atoms with Gasteiger partial charge >= 0.3 is 0 Å². The molecule has 2 aromatic rings. The van der Waals surface area contributed by atoms with Crippen molar-refractivity contribution in [1.82, 2.24) is 4.90 Å². The van der Waals surface area contributed by atoms with Crippen LogP contribution in [0, 0.1) is 13.8 Å². The smallest absolute Gasteiger partial charge is 0.278 e. The number of benzene rings is 2. The molecule has 0 atom stereocenters. The fraction of sp³-hybridized carbons (Fsp3) is 0.304. The van der Waals surface area contributed by atoms with Gasteiger partial charge in [-0.3, -0.25) is 14.5 Å². The first kappa shape index (κ1) is 20.6. The molecule has 6 heteroatoms. The number of carbonyl (C=O) groups is 2. The van der Waals surface area contributed by atoms with Crippen LogP contribution in [-0.4, -0.2) is 51.1 Å². The lowest BCUT2D eigenvalue weighted by molar-refractivity contribution is -0.137. The first-order valence-corrected chi connectivity index (χ1v) is 9.55. The van der Waals surface area contributed by atoms with E-state index < -0.39 is 0 Å². The molecule has 0 aromatic heterocycles. The Balaban J connectivity index is 2.04. The van der Waals surface area contributed by atoms with E-state index in [1.807, 2.05) is 75.3 Å². The van der Waals surface area contributed by atoms with Crippen LogP contribution in [0.5, 0.6) is 0 Å². The lowest BCUT2D eigenvalue weighted by Crippen LogP contribution is -2.35. The number of carbonyl (C=O) groups excluding carboxylic acids is 2. The zero-order chi connectivity index (χ0) is 21.1. The summed E-state index contributed by atoms with van der Waals surface area (Å²) in [7, 11) is 5.49. The highest BCUT2D eigenvalue weighted by atomic mass is 16.5. The van der Waals surface area contributed by atoms with Gasteiger partial charge in [-0.05, 0) is 49.2 Å². The molecule has 0 bridgehead atoms. The molecular formula is C23H27N3O3. The molecule has 1 aliphatic rings. The maximum Gasteiger partial charge on any atom is 0.278 e. The maximum atomic E-state index is 13.1. The number of aryl methyl sites for hydroxylation is 2. The van der Waals surface area contributed by atoms with Gasteiger partial charge in [-0.15, -0.1) is 0 Å². The summed E-state index contributed by atoms with van der Waals surface area (Å²) in [5, 5.41) is 3.19. The van der Waals surface area contributed by atoms with Gasteiger partial charge in [0.1, 0.15) is 5.70 Å². The van der Waals surface area contributed by atoms with Crippen molar-refractivity contribution >= 4 is 28.8 Å². The van der Waals surface area contributed by atoms with Crippen molar-refractivity contribution in [3.05, 3.63) is 64.9 Å². The third-order valence-electron chi connectivity index (χ3n) is 4.99. The number of methoxy groups -OCH3 is 1. The molecule has 1 aliphatic heterocycles. The summed E-state index contributed by atoms with van der Waals surface area (Å²) in [6.45, 7) is 4.47. The number of rotatable bonds is 7. The van der Waals surface area contributed by atoms with Gasteiger partial charge in [0.15, 0.2) is 0 Å². The number of ether oxygens (including phenoxy) is 1. The Morgan fingerprint density at radius 3 is 2.28 bits per heavy atom. The molecule has 152 valence electrons. The quantitative estimate of drug-likeness (QED) is 0.732. The summed E-state index contributed by atoms with van der Waals surface area (Å²) < 4.78 is 5.08. The molecule has 1 N–H and O–H groups in total. The molecule has 2 amide bonds. The second kappa shape index (κ2) is 8.49. The number of hydrogen-bond acceptors (Lipinski definition) is 5. The minimum absolute atomic E-state index is 0.216. The molecule has 1 heterocycles. The second-order valence-corrected chi connectivity index (χ2v) is 7.39. The molecule has 29 heavy (non-hydrogen) atoms. The Labute approximate surface area is 171 Å². The third kappa shape index (κ3) is 4.17. The first-order chi connectivity index (χ1) is 13.8.